The molecule has 1 amide bonds. The van der Waals surface area contributed by atoms with Gasteiger partial charge >= 0.3 is 0 Å². The Kier molecular flexibility index (Phi) is 4.23. The number of phenols is 1. The van der Waals surface area contributed by atoms with Gasteiger partial charge in [0.05, 0.1) is 22.2 Å². The highest BCUT2D eigenvalue weighted by Crippen LogP contribution is 2.29. The Morgan fingerprint density at radius 1 is 1.29 bits per heavy atom. The molecule has 0 aliphatic rings. The molecule has 7 heteroatoms. The van der Waals surface area contributed by atoms with Crippen molar-refractivity contribution >= 4 is 33.2 Å². The van der Waals surface area contributed by atoms with Crippen LogP contribution in [0.2, 0.25) is 0 Å². The Bertz CT molecular complexity index is 731. The van der Waals surface area contributed by atoms with E-state index in [2.05, 4.69) is 21.2 Å². The molecular formula is C14H11BrN2O4. The highest BCUT2D eigenvalue weighted by atomic mass is 79.9. The zero-order valence-electron chi connectivity index (χ0n) is 11.0. The van der Waals surface area contributed by atoms with Crippen LogP contribution in [0.1, 0.15) is 15.9 Å². The maximum Gasteiger partial charge on any atom is 0.273 e. The van der Waals surface area contributed by atoms with Crippen LogP contribution >= 0.6 is 15.9 Å². The van der Waals surface area contributed by atoms with Crippen molar-refractivity contribution in [2.45, 2.75) is 6.92 Å². The van der Waals surface area contributed by atoms with Crippen LogP contribution in [0, 0.1) is 17.0 Å². The predicted molar refractivity (Wildman–Crippen MR) is 81.6 cm³/mol. The molecule has 0 aliphatic carbocycles. The number of nitrogens with zero attached hydrogens (tertiary/aromatic N) is 1. The zero-order chi connectivity index (χ0) is 15.6. The molecule has 108 valence electrons. The monoisotopic (exact) mass is 350 g/mol. The van der Waals surface area contributed by atoms with Crippen LogP contribution in [0.4, 0.5) is 11.4 Å². The van der Waals surface area contributed by atoms with E-state index in [1.807, 2.05) is 6.92 Å². The first-order valence-electron chi connectivity index (χ1n) is 5.93. The number of aryl methyl sites for hydroxylation is 1. The Balaban J connectivity index is 2.25. The largest absolute Gasteiger partial charge is 0.506 e. The Hall–Kier alpha value is -2.41. The molecule has 0 fully saturated rings. The summed E-state index contributed by atoms with van der Waals surface area (Å²) in [6, 6.07) is 8.71. The standard InChI is InChI=1S/C14H11BrN2O4/c1-8-2-4-10(11(15)6-8)14(19)16-12-5-3-9(17(20)21)7-13(12)18/h2-7,18H,1H3,(H,16,19). The normalized spacial score (nSPS) is 10.2. The van der Waals surface area contributed by atoms with Crippen LogP contribution in [0.25, 0.3) is 0 Å². The van der Waals surface area contributed by atoms with Crippen molar-refractivity contribution in [1.29, 1.82) is 0 Å². The molecule has 2 N–H and O–H groups in total. The van der Waals surface area contributed by atoms with E-state index in [-0.39, 0.29) is 17.1 Å². The van der Waals surface area contributed by atoms with Gasteiger partial charge in [0, 0.05) is 10.5 Å². The average molecular weight is 351 g/mol. The molecule has 21 heavy (non-hydrogen) atoms. The van der Waals surface area contributed by atoms with E-state index in [0.717, 1.165) is 11.6 Å². The van der Waals surface area contributed by atoms with Crippen molar-refractivity contribution in [2.24, 2.45) is 0 Å². The first-order valence-corrected chi connectivity index (χ1v) is 6.72. The number of carbonyl (C=O) groups excluding carboxylic acids is 1. The molecule has 0 unspecified atom stereocenters. The summed E-state index contributed by atoms with van der Waals surface area (Å²) in [6.07, 6.45) is 0. The molecule has 2 aromatic rings. The van der Waals surface area contributed by atoms with Crippen molar-refractivity contribution in [1.82, 2.24) is 0 Å². The van der Waals surface area contributed by atoms with Crippen LogP contribution in [0.3, 0.4) is 0 Å². The number of benzene rings is 2. The van der Waals surface area contributed by atoms with Crippen molar-refractivity contribution in [2.75, 3.05) is 5.32 Å². The Morgan fingerprint density at radius 2 is 2.00 bits per heavy atom. The number of aromatic hydroxyl groups is 1. The lowest BCUT2D eigenvalue weighted by Gasteiger charge is -2.09. The van der Waals surface area contributed by atoms with Gasteiger partial charge in [0.1, 0.15) is 5.75 Å². The second-order valence-corrected chi connectivity index (χ2v) is 5.25. The number of amides is 1. The fraction of sp³-hybridized carbons (Fsp3) is 0.0714. The number of anilines is 1. The number of nitro groups is 1. The smallest absolute Gasteiger partial charge is 0.273 e. The first kappa shape index (κ1) is 15.0. The second kappa shape index (κ2) is 5.92. The van der Waals surface area contributed by atoms with Gasteiger partial charge in [0.25, 0.3) is 11.6 Å². The summed E-state index contributed by atoms with van der Waals surface area (Å²) in [4.78, 5) is 22.1. The quantitative estimate of drug-likeness (QED) is 0.502. The number of hydrogen-bond acceptors (Lipinski definition) is 4. The maximum atomic E-state index is 12.1. The molecule has 0 radical (unpaired) electrons. The SMILES string of the molecule is Cc1ccc(C(=O)Nc2ccc([N+](=O)[O-])cc2O)c(Br)c1. The average Bonchev–Trinajstić information content (AvgIpc) is 2.40. The zero-order valence-corrected chi connectivity index (χ0v) is 12.5. The van der Waals surface area contributed by atoms with Gasteiger partial charge in [0.2, 0.25) is 0 Å². The third kappa shape index (κ3) is 3.38. The number of hydrogen-bond donors (Lipinski definition) is 2. The number of non-ortho nitro benzene ring substituents is 1. The van der Waals surface area contributed by atoms with Crippen molar-refractivity contribution in [3.8, 4) is 5.75 Å². The minimum absolute atomic E-state index is 0.109. The summed E-state index contributed by atoms with van der Waals surface area (Å²) in [5, 5.41) is 22.8. The van der Waals surface area contributed by atoms with E-state index in [4.69, 9.17) is 0 Å². The molecule has 0 saturated carbocycles. The summed E-state index contributed by atoms with van der Waals surface area (Å²) in [6.45, 7) is 1.90. The minimum Gasteiger partial charge on any atom is -0.506 e. The Labute approximate surface area is 128 Å². The van der Waals surface area contributed by atoms with Gasteiger partial charge in [-0.25, -0.2) is 0 Å². The lowest BCUT2D eigenvalue weighted by Crippen LogP contribution is -2.12. The maximum absolute atomic E-state index is 12.1. The van der Waals surface area contributed by atoms with Gasteiger partial charge in [0.15, 0.2) is 0 Å². The predicted octanol–water partition coefficient (Wildman–Crippen LogP) is 3.62. The molecule has 0 atom stereocenters. The minimum atomic E-state index is -0.623. The van der Waals surface area contributed by atoms with Crippen LogP contribution in [-0.4, -0.2) is 15.9 Å². The van der Waals surface area contributed by atoms with Gasteiger partial charge in [-0.15, -0.1) is 0 Å². The van der Waals surface area contributed by atoms with Gasteiger partial charge in [-0.05, 0) is 46.6 Å². The van der Waals surface area contributed by atoms with Gasteiger partial charge in [-0.2, -0.15) is 0 Å². The molecule has 2 rings (SSSR count). The number of rotatable bonds is 3. The van der Waals surface area contributed by atoms with Crippen molar-refractivity contribution in [3.63, 3.8) is 0 Å². The number of carbonyl (C=O) groups is 1. The molecule has 0 aliphatic heterocycles. The first-order chi connectivity index (χ1) is 9.88. The fourth-order valence-electron chi connectivity index (χ4n) is 1.73. The lowest BCUT2D eigenvalue weighted by atomic mass is 10.1. The fourth-order valence-corrected chi connectivity index (χ4v) is 2.41. The third-order valence-electron chi connectivity index (χ3n) is 2.81. The van der Waals surface area contributed by atoms with Crippen LogP contribution in [-0.2, 0) is 0 Å². The summed E-state index contributed by atoms with van der Waals surface area (Å²) >= 11 is 3.30. The highest BCUT2D eigenvalue weighted by molar-refractivity contribution is 9.10. The number of nitro benzene ring substituents is 1. The molecule has 2 aromatic carbocycles. The molecule has 0 aromatic heterocycles. The van der Waals surface area contributed by atoms with Crippen LogP contribution in [0.15, 0.2) is 40.9 Å². The summed E-state index contributed by atoms with van der Waals surface area (Å²) < 4.78 is 0.626. The van der Waals surface area contributed by atoms with Crippen molar-refractivity contribution < 1.29 is 14.8 Å². The van der Waals surface area contributed by atoms with Crippen LogP contribution < -0.4 is 5.32 Å². The number of phenolic OH excluding ortho intramolecular Hbond substituents is 1. The highest BCUT2D eigenvalue weighted by Gasteiger charge is 2.14. The molecule has 6 nitrogen and oxygen atoms in total. The van der Waals surface area contributed by atoms with Gasteiger partial charge < -0.3 is 10.4 Å². The summed E-state index contributed by atoms with van der Waals surface area (Å²) in [5.41, 5.74) is 1.26. The van der Waals surface area contributed by atoms with Gasteiger partial charge in [-0.1, -0.05) is 6.07 Å². The van der Waals surface area contributed by atoms with E-state index < -0.39 is 10.8 Å². The lowest BCUT2D eigenvalue weighted by molar-refractivity contribution is -0.384. The topological polar surface area (TPSA) is 92.5 Å². The molecule has 0 saturated heterocycles. The van der Waals surface area contributed by atoms with E-state index in [0.29, 0.717) is 10.0 Å². The van der Waals surface area contributed by atoms with Crippen molar-refractivity contribution in [3.05, 3.63) is 62.1 Å². The summed E-state index contributed by atoms with van der Waals surface area (Å²) in [5.74, 6) is -0.785. The van der Waals surface area contributed by atoms with Crippen LogP contribution in [0.5, 0.6) is 5.75 Å². The molecule has 0 spiro atoms. The van der Waals surface area contributed by atoms with E-state index >= 15 is 0 Å². The Morgan fingerprint density at radius 3 is 2.57 bits per heavy atom. The third-order valence-corrected chi connectivity index (χ3v) is 3.47. The van der Waals surface area contributed by atoms with Gasteiger partial charge in [-0.3, -0.25) is 14.9 Å². The number of nitrogens with one attached hydrogen (secondary N) is 1. The van der Waals surface area contributed by atoms with E-state index in [1.165, 1.54) is 12.1 Å². The summed E-state index contributed by atoms with van der Waals surface area (Å²) in [7, 11) is 0. The van der Waals surface area contributed by atoms with E-state index in [9.17, 15) is 20.0 Å². The molecular weight excluding hydrogens is 340 g/mol. The van der Waals surface area contributed by atoms with E-state index in [1.54, 1.807) is 18.2 Å². The second-order valence-electron chi connectivity index (χ2n) is 4.40. The number of halogens is 1. The molecule has 0 heterocycles. The molecule has 0 bridgehead atoms.